The van der Waals surface area contributed by atoms with Crippen LogP contribution in [-0.2, 0) is 27.9 Å². The molecule has 0 N–H and O–H groups in total. The SMILES string of the molecule is CN(CC(=O)N(Cc1ccco1)Cc1ccco1)S(=O)(=O)c1ccc(Cl)cc1. The van der Waals surface area contributed by atoms with Gasteiger partial charge in [-0.15, -0.1) is 0 Å². The van der Waals surface area contributed by atoms with Crippen molar-refractivity contribution >= 4 is 27.5 Å². The molecule has 7 nitrogen and oxygen atoms in total. The summed E-state index contributed by atoms with van der Waals surface area (Å²) in [7, 11) is -2.47. The third-order valence-electron chi connectivity index (χ3n) is 4.09. The topological polar surface area (TPSA) is 84.0 Å². The van der Waals surface area contributed by atoms with Crippen LogP contribution in [0.1, 0.15) is 11.5 Å². The van der Waals surface area contributed by atoms with E-state index in [1.807, 2.05) is 0 Å². The number of furan rings is 2. The molecule has 28 heavy (non-hydrogen) atoms. The summed E-state index contributed by atoms with van der Waals surface area (Å²) in [6.07, 6.45) is 3.03. The Labute approximate surface area is 168 Å². The average Bonchev–Trinajstić information content (AvgIpc) is 3.35. The van der Waals surface area contributed by atoms with E-state index < -0.39 is 10.0 Å². The van der Waals surface area contributed by atoms with Gasteiger partial charge in [0.25, 0.3) is 0 Å². The van der Waals surface area contributed by atoms with E-state index >= 15 is 0 Å². The van der Waals surface area contributed by atoms with Gasteiger partial charge in [-0.05, 0) is 48.5 Å². The van der Waals surface area contributed by atoms with E-state index in [9.17, 15) is 13.2 Å². The number of amides is 1. The van der Waals surface area contributed by atoms with Crippen molar-refractivity contribution in [2.24, 2.45) is 0 Å². The fourth-order valence-corrected chi connectivity index (χ4v) is 3.82. The van der Waals surface area contributed by atoms with Gasteiger partial charge in [0.15, 0.2) is 0 Å². The maximum absolute atomic E-state index is 12.9. The highest BCUT2D eigenvalue weighted by Gasteiger charge is 2.26. The summed E-state index contributed by atoms with van der Waals surface area (Å²) in [5.74, 6) is 0.791. The van der Waals surface area contributed by atoms with E-state index in [0.29, 0.717) is 16.5 Å². The van der Waals surface area contributed by atoms with E-state index in [0.717, 1.165) is 4.31 Å². The summed E-state index contributed by atoms with van der Waals surface area (Å²) >= 11 is 5.82. The van der Waals surface area contributed by atoms with Gasteiger partial charge in [0.05, 0.1) is 37.1 Å². The minimum Gasteiger partial charge on any atom is -0.467 e. The molecular formula is C19H19ClN2O5S. The number of halogens is 1. The lowest BCUT2D eigenvalue weighted by Crippen LogP contribution is -2.40. The third-order valence-corrected chi connectivity index (χ3v) is 6.16. The van der Waals surface area contributed by atoms with Gasteiger partial charge in [0, 0.05) is 12.1 Å². The molecule has 0 spiro atoms. The minimum atomic E-state index is -3.83. The Kier molecular flexibility index (Phi) is 6.23. The number of rotatable bonds is 8. The van der Waals surface area contributed by atoms with Crippen LogP contribution in [-0.4, -0.2) is 37.1 Å². The highest BCUT2D eigenvalue weighted by atomic mass is 35.5. The van der Waals surface area contributed by atoms with Crippen molar-refractivity contribution in [3.05, 3.63) is 77.6 Å². The lowest BCUT2D eigenvalue weighted by Gasteiger charge is -2.24. The second-order valence-electron chi connectivity index (χ2n) is 6.12. The molecule has 9 heteroatoms. The van der Waals surface area contributed by atoms with E-state index in [1.165, 1.54) is 48.7 Å². The van der Waals surface area contributed by atoms with Crippen LogP contribution in [0.3, 0.4) is 0 Å². The van der Waals surface area contributed by atoms with E-state index in [-0.39, 0.29) is 30.4 Å². The van der Waals surface area contributed by atoms with Crippen LogP contribution in [0.15, 0.2) is 74.8 Å². The summed E-state index contributed by atoms with van der Waals surface area (Å²) in [6, 6.07) is 12.7. The Morgan fingerprint density at radius 2 is 1.50 bits per heavy atom. The second-order valence-corrected chi connectivity index (χ2v) is 8.60. The van der Waals surface area contributed by atoms with Crippen molar-refractivity contribution in [3.63, 3.8) is 0 Å². The molecule has 1 aromatic carbocycles. The first kappa shape index (κ1) is 20.2. The Bertz CT molecular complexity index is 963. The molecule has 0 unspecified atom stereocenters. The smallest absolute Gasteiger partial charge is 0.243 e. The fourth-order valence-electron chi connectivity index (χ4n) is 2.58. The quantitative estimate of drug-likeness (QED) is 0.555. The molecule has 1 amide bonds. The highest BCUT2D eigenvalue weighted by Crippen LogP contribution is 2.18. The zero-order valence-electron chi connectivity index (χ0n) is 15.1. The van der Waals surface area contributed by atoms with Crippen molar-refractivity contribution < 1.29 is 22.0 Å². The lowest BCUT2D eigenvalue weighted by atomic mass is 10.3. The largest absolute Gasteiger partial charge is 0.467 e. The lowest BCUT2D eigenvalue weighted by molar-refractivity contribution is -0.133. The van der Waals surface area contributed by atoms with Crippen molar-refractivity contribution in [3.8, 4) is 0 Å². The summed E-state index contributed by atoms with van der Waals surface area (Å²) in [5, 5.41) is 0.431. The first-order valence-electron chi connectivity index (χ1n) is 8.41. The molecule has 2 heterocycles. The van der Waals surface area contributed by atoms with Crippen molar-refractivity contribution in [2.75, 3.05) is 13.6 Å². The molecule has 3 rings (SSSR count). The standard InChI is InChI=1S/C19H19ClN2O5S/c1-21(28(24,25)18-8-6-15(20)7-9-18)14-19(23)22(12-16-4-2-10-26-16)13-17-5-3-11-27-17/h2-11H,12-14H2,1H3. The van der Waals surface area contributed by atoms with Crippen LogP contribution < -0.4 is 0 Å². The number of carbonyl (C=O) groups is 1. The van der Waals surface area contributed by atoms with Gasteiger partial charge in [0.2, 0.25) is 15.9 Å². The predicted octanol–water partition coefficient (Wildman–Crippen LogP) is 3.38. The van der Waals surface area contributed by atoms with Crippen molar-refractivity contribution in [1.29, 1.82) is 0 Å². The van der Waals surface area contributed by atoms with Crippen molar-refractivity contribution in [2.45, 2.75) is 18.0 Å². The van der Waals surface area contributed by atoms with Crippen LogP contribution in [0.5, 0.6) is 0 Å². The molecule has 0 aliphatic rings. The van der Waals surface area contributed by atoms with Crippen LogP contribution in [0, 0.1) is 0 Å². The van der Waals surface area contributed by atoms with Gasteiger partial charge in [-0.2, -0.15) is 4.31 Å². The molecule has 0 saturated carbocycles. The Morgan fingerprint density at radius 1 is 0.964 bits per heavy atom. The molecule has 0 bridgehead atoms. The zero-order valence-corrected chi connectivity index (χ0v) is 16.7. The molecule has 0 atom stereocenters. The Morgan fingerprint density at radius 3 is 1.96 bits per heavy atom. The Hall–Kier alpha value is -2.55. The highest BCUT2D eigenvalue weighted by molar-refractivity contribution is 7.89. The summed E-state index contributed by atoms with van der Waals surface area (Å²) in [6.45, 7) is 0.0646. The van der Waals surface area contributed by atoms with Crippen LogP contribution in [0.4, 0.5) is 0 Å². The normalized spacial score (nSPS) is 11.7. The molecular weight excluding hydrogens is 404 g/mol. The first-order chi connectivity index (χ1) is 13.4. The number of hydrogen-bond acceptors (Lipinski definition) is 5. The molecule has 3 aromatic rings. The molecule has 148 valence electrons. The van der Waals surface area contributed by atoms with Crippen LogP contribution in [0.2, 0.25) is 5.02 Å². The molecule has 0 aliphatic heterocycles. The van der Waals surface area contributed by atoms with Gasteiger partial charge in [-0.3, -0.25) is 4.79 Å². The minimum absolute atomic E-state index is 0.0656. The van der Waals surface area contributed by atoms with Gasteiger partial charge in [0.1, 0.15) is 11.5 Å². The average molecular weight is 423 g/mol. The molecule has 0 saturated heterocycles. The predicted molar refractivity (Wildman–Crippen MR) is 103 cm³/mol. The van der Waals surface area contributed by atoms with Gasteiger partial charge in [-0.1, -0.05) is 11.6 Å². The van der Waals surface area contributed by atoms with Crippen LogP contribution >= 0.6 is 11.6 Å². The molecule has 0 fully saturated rings. The fraction of sp³-hybridized carbons (Fsp3) is 0.211. The first-order valence-corrected chi connectivity index (χ1v) is 10.2. The molecule has 0 aliphatic carbocycles. The number of carbonyl (C=O) groups excluding carboxylic acids is 1. The summed E-state index contributed by atoms with van der Waals surface area (Å²) in [5.41, 5.74) is 0. The van der Waals surface area contributed by atoms with Gasteiger partial charge >= 0.3 is 0 Å². The second kappa shape index (κ2) is 8.64. The zero-order chi connectivity index (χ0) is 20.1. The van der Waals surface area contributed by atoms with E-state index in [1.54, 1.807) is 24.3 Å². The number of likely N-dealkylation sites (N-methyl/N-ethyl adjacent to an activating group) is 1. The van der Waals surface area contributed by atoms with E-state index in [2.05, 4.69) is 0 Å². The van der Waals surface area contributed by atoms with Crippen molar-refractivity contribution in [1.82, 2.24) is 9.21 Å². The number of nitrogens with zero attached hydrogens (tertiary/aromatic N) is 2. The Balaban J connectivity index is 1.75. The monoisotopic (exact) mass is 422 g/mol. The van der Waals surface area contributed by atoms with Gasteiger partial charge < -0.3 is 13.7 Å². The molecule has 0 radical (unpaired) electrons. The van der Waals surface area contributed by atoms with Crippen LogP contribution in [0.25, 0.3) is 0 Å². The number of hydrogen-bond donors (Lipinski definition) is 0. The maximum Gasteiger partial charge on any atom is 0.243 e. The summed E-state index contributed by atoms with van der Waals surface area (Å²) < 4.78 is 37.1. The number of benzene rings is 1. The maximum atomic E-state index is 12.9. The third kappa shape index (κ3) is 4.83. The van der Waals surface area contributed by atoms with E-state index in [4.69, 9.17) is 20.4 Å². The molecule has 2 aromatic heterocycles. The van der Waals surface area contributed by atoms with Gasteiger partial charge in [-0.25, -0.2) is 8.42 Å². The number of sulfonamides is 1. The summed E-state index contributed by atoms with van der Waals surface area (Å²) in [4.78, 5) is 14.4.